The summed E-state index contributed by atoms with van der Waals surface area (Å²) in [5.41, 5.74) is 0.448. The fourth-order valence-corrected chi connectivity index (χ4v) is 1.59. The Morgan fingerprint density at radius 3 is 2.69 bits per heavy atom. The standard InChI is InChI=1S/C8H7ClO3S/c1-12-8-6(5-13(10)11)3-2-4-7(8)9/h2-5H,1H3. The number of rotatable bonds is 2. The Morgan fingerprint density at radius 2 is 2.15 bits per heavy atom. The van der Waals surface area contributed by atoms with E-state index in [9.17, 15) is 8.42 Å². The first-order chi connectivity index (χ1) is 6.15. The molecule has 0 amide bonds. The summed E-state index contributed by atoms with van der Waals surface area (Å²) in [6.45, 7) is 0. The van der Waals surface area contributed by atoms with E-state index in [4.69, 9.17) is 16.3 Å². The Balaban J connectivity index is 3.37. The van der Waals surface area contributed by atoms with Crippen LogP contribution in [0.25, 0.3) is 0 Å². The largest absolute Gasteiger partial charge is 0.495 e. The third-order valence-electron chi connectivity index (χ3n) is 1.42. The molecule has 0 aromatic heterocycles. The van der Waals surface area contributed by atoms with Gasteiger partial charge >= 0.3 is 0 Å². The maximum atomic E-state index is 10.4. The van der Waals surface area contributed by atoms with Gasteiger partial charge in [0.1, 0.15) is 5.75 Å². The summed E-state index contributed by atoms with van der Waals surface area (Å²) < 4.78 is 25.7. The van der Waals surface area contributed by atoms with Crippen LogP contribution >= 0.6 is 11.6 Å². The van der Waals surface area contributed by atoms with E-state index >= 15 is 0 Å². The number of hydrogen-bond acceptors (Lipinski definition) is 3. The predicted octanol–water partition coefficient (Wildman–Crippen LogP) is 1.38. The van der Waals surface area contributed by atoms with Gasteiger partial charge in [0.2, 0.25) is 10.3 Å². The lowest BCUT2D eigenvalue weighted by molar-refractivity contribution is 0.414. The van der Waals surface area contributed by atoms with Gasteiger partial charge in [-0.2, -0.15) is 8.42 Å². The highest BCUT2D eigenvalue weighted by Crippen LogP contribution is 2.26. The van der Waals surface area contributed by atoms with Crippen LogP contribution in [-0.2, 0) is 10.3 Å². The summed E-state index contributed by atoms with van der Waals surface area (Å²) in [5.74, 6) is 0.369. The van der Waals surface area contributed by atoms with Gasteiger partial charge in [0.25, 0.3) is 0 Å². The highest BCUT2D eigenvalue weighted by molar-refractivity contribution is 7.71. The Labute approximate surface area is 82.4 Å². The molecule has 0 saturated carbocycles. The van der Waals surface area contributed by atoms with Crippen LogP contribution in [0.5, 0.6) is 5.75 Å². The molecule has 70 valence electrons. The second-order valence-electron chi connectivity index (χ2n) is 2.24. The minimum Gasteiger partial charge on any atom is -0.495 e. The first-order valence-electron chi connectivity index (χ1n) is 3.40. The van der Waals surface area contributed by atoms with Crippen molar-refractivity contribution in [2.75, 3.05) is 7.11 Å². The molecule has 1 aromatic carbocycles. The van der Waals surface area contributed by atoms with E-state index in [1.54, 1.807) is 18.2 Å². The molecule has 0 spiro atoms. The monoisotopic (exact) mass is 218 g/mol. The van der Waals surface area contributed by atoms with Crippen molar-refractivity contribution in [3.8, 4) is 5.75 Å². The zero-order valence-corrected chi connectivity index (χ0v) is 8.39. The molecule has 0 bridgehead atoms. The fraction of sp³-hybridized carbons (Fsp3) is 0.125. The Morgan fingerprint density at radius 1 is 1.46 bits per heavy atom. The molecule has 0 aliphatic carbocycles. The van der Waals surface area contributed by atoms with Crippen molar-refractivity contribution in [3.63, 3.8) is 0 Å². The van der Waals surface area contributed by atoms with Gasteiger partial charge in [-0.15, -0.1) is 0 Å². The van der Waals surface area contributed by atoms with Crippen molar-refractivity contribution < 1.29 is 13.2 Å². The minimum absolute atomic E-state index is 0.369. The van der Waals surface area contributed by atoms with Crippen molar-refractivity contribution in [2.24, 2.45) is 0 Å². The Hall–Kier alpha value is -1.00. The van der Waals surface area contributed by atoms with Gasteiger partial charge in [0, 0.05) is 5.56 Å². The second-order valence-corrected chi connectivity index (χ2v) is 3.40. The second kappa shape index (κ2) is 4.30. The quantitative estimate of drug-likeness (QED) is 0.705. The summed E-state index contributed by atoms with van der Waals surface area (Å²) in [5, 5.41) is 1.44. The lowest BCUT2D eigenvalue weighted by atomic mass is 10.2. The van der Waals surface area contributed by atoms with E-state index in [0.717, 1.165) is 5.37 Å². The van der Waals surface area contributed by atoms with Gasteiger partial charge in [0.15, 0.2) is 0 Å². The predicted molar refractivity (Wildman–Crippen MR) is 52.1 cm³/mol. The van der Waals surface area contributed by atoms with Crippen LogP contribution in [0, 0.1) is 0 Å². The van der Waals surface area contributed by atoms with Gasteiger partial charge in [-0.3, -0.25) is 0 Å². The maximum absolute atomic E-state index is 10.4. The summed E-state index contributed by atoms with van der Waals surface area (Å²) in [6.07, 6.45) is 0. The molecule has 0 aliphatic rings. The zero-order chi connectivity index (χ0) is 9.84. The molecule has 1 rings (SSSR count). The fourth-order valence-electron chi connectivity index (χ4n) is 0.937. The molecule has 0 atom stereocenters. The molecular formula is C8H7ClO3S. The first-order valence-corrected chi connectivity index (χ1v) is 4.92. The molecule has 1 aromatic rings. The smallest absolute Gasteiger partial charge is 0.214 e. The molecule has 0 heterocycles. The first kappa shape index (κ1) is 10.1. The highest BCUT2D eigenvalue weighted by Gasteiger charge is 2.04. The number of para-hydroxylation sites is 1. The summed E-state index contributed by atoms with van der Waals surface area (Å²) in [6, 6.07) is 4.90. The lowest BCUT2D eigenvalue weighted by Crippen LogP contribution is -1.91. The number of ether oxygens (including phenoxy) is 1. The SMILES string of the molecule is COc1c(Cl)cccc1C=S(=O)=O. The molecule has 5 heteroatoms. The number of methoxy groups -OCH3 is 1. The maximum Gasteiger partial charge on any atom is 0.214 e. The zero-order valence-electron chi connectivity index (χ0n) is 6.82. The molecule has 3 nitrogen and oxygen atoms in total. The van der Waals surface area contributed by atoms with Crippen LogP contribution in [0.2, 0.25) is 5.02 Å². The average Bonchev–Trinajstić information content (AvgIpc) is 2.03. The van der Waals surface area contributed by atoms with Crippen molar-refractivity contribution in [3.05, 3.63) is 28.8 Å². The van der Waals surface area contributed by atoms with Crippen LogP contribution in [0.3, 0.4) is 0 Å². The third-order valence-corrected chi connectivity index (χ3v) is 2.17. The van der Waals surface area contributed by atoms with E-state index in [1.807, 2.05) is 0 Å². The van der Waals surface area contributed by atoms with E-state index < -0.39 is 10.3 Å². The van der Waals surface area contributed by atoms with Crippen molar-refractivity contribution in [2.45, 2.75) is 0 Å². The molecule has 0 fully saturated rings. The molecule has 0 unspecified atom stereocenters. The number of halogens is 1. The van der Waals surface area contributed by atoms with Crippen LogP contribution in [0.1, 0.15) is 5.56 Å². The summed E-state index contributed by atoms with van der Waals surface area (Å²) >= 11 is 5.77. The van der Waals surface area contributed by atoms with Gasteiger partial charge < -0.3 is 4.74 Å². The van der Waals surface area contributed by atoms with Crippen LogP contribution in [0.15, 0.2) is 18.2 Å². The lowest BCUT2D eigenvalue weighted by Gasteiger charge is -2.04. The molecule has 0 radical (unpaired) electrons. The van der Waals surface area contributed by atoms with E-state index in [-0.39, 0.29) is 0 Å². The Kier molecular flexibility index (Phi) is 3.33. The van der Waals surface area contributed by atoms with Crippen LogP contribution in [-0.4, -0.2) is 20.9 Å². The van der Waals surface area contributed by atoms with Crippen molar-refractivity contribution in [1.29, 1.82) is 0 Å². The summed E-state index contributed by atoms with van der Waals surface area (Å²) in [4.78, 5) is 0. The summed E-state index contributed by atoms with van der Waals surface area (Å²) in [7, 11) is -0.814. The van der Waals surface area contributed by atoms with Crippen LogP contribution < -0.4 is 4.74 Å². The molecule has 0 N–H and O–H groups in total. The minimum atomic E-state index is -2.25. The third kappa shape index (κ3) is 2.47. The van der Waals surface area contributed by atoms with Gasteiger partial charge in [0.05, 0.1) is 17.5 Å². The number of benzene rings is 1. The molecule has 0 saturated heterocycles. The van der Waals surface area contributed by atoms with E-state index in [1.165, 1.54) is 7.11 Å². The molecular weight excluding hydrogens is 212 g/mol. The average molecular weight is 219 g/mol. The van der Waals surface area contributed by atoms with Crippen LogP contribution in [0.4, 0.5) is 0 Å². The van der Waals surface area contributed by atoms with E-state index in [0.29, 0.717) is 16.3 Å². The highest BCUT2D eigenvalue weighted by atomic mass is 35.5. The molecule has 13 heavy (non-hydrogen) atoms. The molecule has 0 aliphatic heterocycles. The van der Waals surface area contributed by atoms with Crippen molar-refractivity contribution in [1.82, 2.24) is 0 Å². The van der Waals surface area contributed by atoms with Crippen molar-refractivity contribution >= 4 is 27.3 Å². The Bertz CT molecular complexity index is 429. The van der Waals surface area contributed by atoms with E-state index in [2.05, 4.69) is 0 Å². The normalized spacial score (nSPS) is 9.38. The topological polar surface area (TPSA) is 43.4 Å². The van der Waals surface area contributed by atoms with Gasteiger partial charge in [-0.1, -0.05) is 23.7 Å². The van der Waals surface area contributed by atoms with Gasteiger partial charge in [-0.05, 0) is 6.07 Å². The number of hydrogen-bond donors (Lipinski definition) is 0. The van der Waals surface area contributed by atoms with Gasteiger partial charge in [-0.25, -0.2) is 0 Å².